The van der Waals surface area contributed by atoms with E-state index in [9.17, 15) is 4.79 Å². The average molecular weight is 189 g/mol. The lowest BCUT2D eigenvalue weighted by atomic mass is 10.4. The third-order valence-corrected chi connectivity index (χ3v) is 1.26. The Morgan fingerprint density at radius 3 is 2.38 bits per heavy atom. The van der Waals surface area contributed by atoms with Crippen LogP contribution in [0.15, 0.2) is 0 Å². The summed E-state index contributed by atoms with van der Waals surface area (Å²) < 4.78 is 5.21. The average Bonchev–Trinajstić information content (AvgIpc) is 2.14. The van der Waals surface area contributed by atoms with Crippen LogP contribution in [0.4, 0.5) is 0 Å². The van der Waals surface area contributed by atoms with E-state index in [2.05, 4.69) is 12.2 Å². The summed E-state index contributed by atoms with van der Waals surface area (Å²) in [5.41, 5.74) is 0. The third kappa shape index (κ3) is 18.4. The van der Waals surface area contributed by atoms with Gasteiger partial charge in [-0.15, -0.1) is 0 Å². The Labute approximate surface area is 81.9 Å². The van der Waals surface area contributed by atoms with Gasteiger partial charge in [-0.25, -0.2) is 0 Å². The quantitative estimate of drug-likeness (QED) is 0.649. The van der Waals surface area contributed by atoms with E-state index in [1.807, 2.05) is 13.8 Å². The van der Waals surface area contributed by atoms with Crippen molar-refractivity contribution in [2.75, 3.05) is 19.8 Å². The highest BCUT2D eigenvalue weighted by Crippen LogP contribution is 1.86. The Bertz CT molecular complexity index is 105. The van der Waals surface area contributed by atoms with Gasteiger partial charge in [-0.2, -0.15) is 0 Å². The summed E-state index contributed by atoms with van der Waals surface area (Å²) in [6, 6.07) is 0. The van der Waals surface area contributed by atoms with Crippen molar-refractivity contribution < 1.29 is 9.53 Å². The molecular weight excluding hydrogens is 166 g/mol. The minimum Gasteiger partial charge on any atom is -0.380 e. The zero-order valence-corrected chi connectivity index (χ0v) is 9.35. The molecule has 0 aliphatic rings. The predicted molar refractivity (Wildman–Crippen MR) is 55.8 cm³/mol. The lowest BCUT2D eigenvalue weighted by Crippen LogP contribution is -2.24. The normalized spacial score (nSPS) is 8.62. The van der Waals surface area contributed by atoms with Crippen LogP contribution < -0.4 is 5.32 Å². The summed E-state index contributed by atoms with van der Waals surface area (Å²) in [5.74, 6) is 0.00379. The molecule has 0 aromatic carbocycles. The third-order valence-electron chi connectivity index (χ3n) is 1.26. The molecule has 0 aromatic rings. The maximum absolute atomic E-state index is 10.4. The Hall–Kier alpha value is -0.570. The molecule has 0 rings (SSSR count). The van der Waals surface area contributed by atoms with E-state index in [1.165, 1.54) is 6.92 Å². The number of ether oxygens (including phenoxy) is 1. The van der Waals surface area contributed by atoms with E-state index in [4.69, 9.17) is 4.74 Å². The van der Waals surface area contributed by atoms with Crippen LogP contribution in [0.1, 0.15) is 40.5 Å². The van der Waals surface area contributed by atoms with Gasteiger partial charge in [-0.05, 0) is 6.42 Å². The lowest BCUT2D eigenvalue weighted by molar-refractivity contribution is -0.119. The van der Waals surface area contributed by atoms with Crippen LogP contribution in [0.25, 0.3) is 0 Å². The number of hydrogen-bond acceptors (Lipinski definition) is 2. The molecule has 0 saturated carbocycles. The van der Waals surface area contributed by atoms with Gasteiger partial charge in [-0.1, -0.05) is 27.2 Å². The van der Waals surface area contributed by atoms with Gasteiger partial charge in [0.15, 0.2) is 0 Å². The first kappa shape index (κ1) is 14.9. The van der Waals surface area contributed by atoms with Crippen LogP contribution >= 0.6 is 0 Å². The summed E-state index contributed by atoms with van der Waals surface area (Å²) in [6.07, 6.45) is 2.25. The number of unbranched alkanes of at least 4 members (excludes halogenated alkanes) is 1. The van der Waals surface area contributed by atoms with Crippen LogP contribution in [0.3, 0.4) is 0 Å². The number of carbonyl (C=O) groups excluding carboxylic acids is 1. The molecule has 0 aliphatic carbocycles. The first-order valence-electron chi connectivity index (χ1n) is 5.09. The topological polar surface area (TPSA) is 38.3 Å². The van der Waals surface area contributed by atoms with Gasteiger partial charge in [0.05, 0.1) is 6.61 Å². The molecule has 0 radical (unpaired) electrons. The molecule has 0 aliphatic heterocycles. The lowest BCUT2D eigenvalue weighted by Gasteiger charge is -2.02. The van der Waals surface area contributed by atoms with Gasteiger partial charge in [0.2, 0.25) is 5.91 Å². The van der Waals surface area contributed by atoms with Crippen molar-refractivity contribution in [2.24, 2.45) is 0 Å². The second-order valence-electron chi connectivity index (χ2n) is 2.45. The second-order valence-corrected chi connectivity index (χ2v) is 2.45. The molecule has 1 N–H and O–H groups in total. The molecule has 3 heteroatoms. The molecule has 80 valence electrons. The van der Waals surface area contributed by atoms with E-state index in [1.54, 1.807) is 0 Å². The fourth-order valence-corrected chi connectivity index (χ4v) is 0.648. The van der Waals surface area contributed by atoms with Gasteiger partial charge < -0.3 is 10.1 Å². The van der Waals surface area contributed by atoms with Crippen LogP contribution in [-0.2, 0) is 9.53 Å². The number of amides is 1. The summed E-state index contributed by atoms with van der Waals surface area (Å²) in [7, 11) is 0. The van der Waals surface area contributed by atoms with Crippen molar-refractivity contribution in [3.05, 3.63) is 0 Å². The summed E-state index contributed by atoms with van der Waals surface area (Å²) in [4.78, 5) is 10.4. The van der Waals surface area contributed by atoms with E-state index in [-0.39, 0.29) is 5.91 Å². The SMILES string of the molecule is CC.CCCCOCCNC(C)=O. The largest absolute Gasteiger partial charge is 0.380 e. The molecule has 3 nitrogen and oxygen atoms in total. The van der Waals surface area contributed by atoms with Crippen LogP contribution in [0.5, 0.6) is 0 Å². The van der Waals surface area contributed by atoms with Gasteiger partial charge in [-0.3, -0.25) is 4.79 Å². The van der Waals surface area contributed by atoms with Crippen LogP contribution in [0, 0.1) is 0 Å². The van der Waals surface area contributed by atoms with Crippen molar-refractivity contribution in [3.8, 4) is 0 Å². The van der Waals surface area contributed by atoms with Crippen molar-refractivity contribution in [1.82, 2.24) is 5.32 Å². The summed E-state index contributed by atoms with van der Waals surface area (Å²) in [6.45, 7) is 9.68. The molecular formula is C10H23NO2. The Balaban J connectivity index is 0. The van der Waals surface area contributed by atoms with E-state index in [0.717, 1.165) is 19.4 Å². The molecule has 0 atom stereocenters. The molecule has 0 spiro atoms. The van der Waals surface area contributed by atoms with Crippen molar-refractivity contribution >= 4 is 5.91 Å². The highest BCUT2D eigenvalue weighted by atomic mass is 16.5. The maximum Gasteiger partial charge on any atom is 0.216 e. The van der Waals surface area contributed by atoms with Gasteiger partial charge in [0, 0.05) is 20.1 Å². The smallest absolute Gasteiger partial charge is 0.216 e. The van der Waals surface area contributed by atoms with Gasteiger partial charge >= 0.3 is 0 Å². The van der Waals surface area contributed by atoms with E-state index < -0.39 is 0 Å². The van der Waals surface area contributed by atoms with E-state index >= 15 is 0 Å². The Kier molecular flexibility index (Phi) is 16.1. The molecule has 13 heavy (non-hydrogen) atoms. The maximum atomic E-state index is 10.4. The molecule has 0 saturated heterocycles. The standard InChI is InChI=1S/C8H17NO2.C2H6/c1-3-4-6-11-7-5-9-8(2)10;1-2/h3-7H2,1-2H3,(H,9,10);1-2H3. The predicted octanol–water partition coefficient (Wildman–Crippen LogP) is 1.97. The second kappa shape index (κ2) is 14.0. The number of hydrogen-bond donors (Lipinski definition) is 1. The fourth-order valence-electron chi connectivity index (χ4n) is 0.648. The zero-order chi connectivity index (χ0) is 10.5. The number of nitrogens with one attached hydrogen (secondary N) is 1. The van der Waals surface area contributed by atoms with Gasteiger partial charge in [0.25, 0.3) is 0 Å². The molecule has 0 fully saturated rings. The number of carbonyl (C=O) groups is 1. The Morgan fingerprint density at radius 2 is 1.92 bits per heavy atom. The monoisotopic (exact) mass is 189 g/mol. The molecule has 1 amide bonds. The molecule has 0 unspecified atom stereocenters. The molecule has 0 bridgehead atoms. The van der Waals surface area contributed by atoms with Crippen molar-refractivity contribution in [1.29, 1.82) is 0 Å². The number of rotatable bonds is 6. The highest BCUT2D eigenvalue weighted by Gasteiger charge is 1.89. The first-order chi connectivity index (χ1) is 6.27. The van der Waals surface area contributed by atoms with Crippen LogP contribution in [-0.4, -0.2) is 25.7 Å². The Morgan fingerprint density at radius 1 is 1.31 bits per heavy atom. The first-order valence-corrected chi connectivity index (χ1v) is 5.09. The van der Waals surface area contributed by atoms with Crippen molar-refractivity contribution in [2.45, 2.75) is 40.5 Å². The van der Waals surface area contributed by atoms with Crippen LogP contribution in [0.2, 0.25) is 0 Å². The van der Waals surface area contributed by atoms with Crippen molar-refractivity contribution in [3.63, 3.8) is 0 Å². The minimum atomic E-state index is 0.00379. The summed E-state index contributed by atoms with van der Waals surface area (Å²) >= 11 is 0. The van der Waals surface area contributed by atoms with Gasteiger partial charge in [0.1, 0.15) is 0 Å². The zero-order valence-electron chi connectivity index (χ0n) is 9.35. The van der Waals surface area contributed by atoms with E-state index in [0.29, 0.717) is 13.2 Å². The minimum absolute atomic E-state index is 0.00379. The summed E-state index contributed by atoms with van der Waals surface area (Å²) in [5, 5.41) is 2.66. The fraction of sp³-hybridized carbons (Fsp3) is 0.900. The molecule has 0 aromatic heterocycles. The molecule has 0 heterocycles. The highest BCUT2D eigenvalue weighted by molar-refractivity contribution is 5.72.